The summed E-state index contributed by atoms with van der Waals surface area (Å²) in [7, 11) is 0. The third-order valence-electron chi connectivity index (χ3n) is 5.40. The van der Waals surface area contributed by atoms with E-state index in [1.807, 2.05) is 12.1 Å². The summed E-state index contributed by atoms with van der Waals surface area (Å²) in [5.74, 6) is 0.782. The van der Waals surface area contributed by atoms with E-state index in [-0.39, 0.29) is 5.91 Å². The monoisotopic (exact) mass is 315 g/mol. The maximum atomic E-state index is 12.8. The van der Waals surface area contributed by atoms with Gasteiger partial charge in [0.1, 0.15) is 5.82 Å². The van der Waals surface area contributed by atoms with Gasteiger partial charge in [-0.05, 0) is 54.7 Å². The van der Waals surface area contributed by atoms with Crippen LogP contribution in [0.3, 0.4) is 0 Å². The Labute approximate surface area is 139 Å². The predicted molar refractivity (Wildman–Crippen MR) is 93.1 cm³/mol. The fraction of sp³-hybridized carbons (Fsp3) is 0.250. The zero-order valence-electron chi connectivity index (χ0n) is 13.5. The van der Waals surface area contributed by atoms with E-state index in [4.69, 9.17) is 4.98 Å². The Bertz CT molecular complexity index is 1010. The van der Waals surface area contributed by atoms with Gasteiger partial charge in [-0.1, -0.05) is 19.1 Å². The van der Waals surface area contributed by atoms with Gasteiger partial charge in [0.2, 0.25) is 5.91 Å². The number of amides is 1. The minimum absolute atomic E-state index is 0.0682. The Morgan fingerprint density at radius 3 is 2.83 bits per heavy atom. The molecule has 0 saturated heterocycles. The summed E-state index contributed by atoms with van der Waals surface area (Å²) in [4.78, 5) is 21.8. The first-order chi connectivity index (χ1) is 11.7. The number of benzene rings is 1. The molecule has 5 rings (SSSR count). The number of hydrogen-bond acceptors (Lipinski definition) is 3. The number of nitrogens with one attached hydrogen (secondary N) is 1. The second kappa shape index (κ2) is 4.63. The Morgan fingerprint density at radius 1 is 1.17 bits per heavy atom. The number of fused-ring (bicyclic) bond motifs is 4. The van der Waals surface area contributed by atoms with Crippen molar-refractivity contribution in [3.63, 3.8) is 0 Å². The molecule has 1 aliphatic heterocycles. The van der Waals surface area contributed by atoms with Crippen molar-refractivity contribution in [1.29, 1.82) is 0 Å². The van der Waals surface area contributed by atoms with Crippen LogP contribution in [-0.4, -0.2) is 15.9 Å². The molecule has 118 valence electrons. The minimum Gasteiger partial charge on any atom is -0.310 e. The van der Waals surface area contributed by atoms with E-state index in [0.29, 0.717) is 5.82 Å². The van der Waals surface area contributed by atoms with Gasteiger partial charge in [0.05, 0.1) is 10.9 Å². The molecule has 0 bridgehead atoms. The van der Waals surface area contributed by atoms with Crippen molar-refractivity contribution in [1.82, 2.24) is 9.97 Å². The Morgan fingerprint density at radius 2 is 2.00 bits per heavy atom. The molecule has 1 spiro atoms. The largest absolute Gasteiger partial charge is 0.310 e. The fourth-order valence-electron chi connectivity index (χ4n) is 4.13. The van der Waals surface area contributed by atoms with Gasteiger partial charge < -0.3 is 5.32 Å². The average Bonchev–Trinajstić information content (AvgIpc) is 3.10. The number of hydrogen-bond donors (Lipinski definition) is 1. The van der Waals surface area contributed by atoms with E-state index in [9.17, 15) is 4.79 Å². The summed E-state index contributed by atoms with van der Waals surface area (Å²) in [5.41, 5.74) is 5.13. The van der Waals surface area contributed by atoms with Crippen LogP contribution in [0.25, 0.3) is 10.9 Å². The van der Waals surface area contributed by atoms with Crippen molar-refractivity contribution in [2.24, 2.45) is 0 Å². The van der Waals surface area contributed by atoms with Crippen molar-refractivity contribution < 1.29 is 4.79 Å². The second-order valence-corrected chi connectivity index (χ2v) is 6.76. The lowest BCUT2D eigenvalue weighted by Gasteiger charge is -2.20. The van der Waals surface area contributed by atoms with E-state index < -0.39 is 5.41 Å². The zero-order chi connectivity index (χ0) is 16.3. The minimum atomic E-state index is -0.503. The molecule has 3 aromatic rings. The van der Waals surface area contributed by atoms with Crippen LogP contribution in [0.5, 0.6) is 0 Å². The molecule has 1 aromatic carbocycles. The number of aryl methyl sites for hydroxylation is 1. The van der Waals surface area contributed by atoms with Gasteiger partial charge >= 0.3 is 0 Å². The smallest absolute Gasteiger partial charge is 0.237 e. The fourth-order valence-corrected chi connectivity index (χ4v) is 4.13. The third-order valence-corrected chi connectivity index (χ3v) is 5.40. The quantitative estimate of drug-likeness (QED) is 0.750. The first-order valence-electron chi connectivity index (χ1n) is 8.38. The van der Waals surface area contributed by atoms with Crippen molar-refractivity contribution in [3.05, 3.63) is 65.0 Å². The maximum absolute atomic E-state index is 12.8. The molecule has 2 aliphatic rings. The Kier molecular flexibility index (Phi) is 2.64. The van der Waals surface area contributed by atoms with E-state index >= 15 is 0 Å². The van der Waals surface area contributed by atoms with Gasteiger partial charge in [-0.3, -0.25) is 9.78 Å². The van der Waals surface area contributed by atoms with Gasteiger partial charge in [-0.15, -0.1) is 0 Å². The van der Waals surface area contributed by atoms with Crippen LogP contribution in [0.4, 0.5) is 5.82 Å². The summed E-state index contributed by atoms with van der Waals surface area (Å²) in [6.45, 7) is 2.11. The molecule has 0 saturated carbocycles. The van der Waals surface area contributed by atoms with Gasteiger partial charge in [0.25, 0.3) is 0 Å². The summed E-state index contributed by atoms with van der Waals surface area (Å²) in [5, 5.41) is 4.11. The van der Waals surface area contributed by atoms with Crippen LogP contribution in [-0.2, 0) is 29.5 Å². The van der Waals surface area contributed by atoms with E-state index in [2.05, 4.69) is 41.5 Å². The van der Waals surface area contributed by atoms with Crippen molar-refractivity contribution in [2.45, 2.75) is 31.6 Å². The summed E-state index contributed by atoms with van der Waals surface area (Å²) in [6.07, 6.45) is 4.11. The number of rotatable bonds is 1. The summed E-state index contributed by atoms with van der Waals surface area (Å²) < 4.78 is 0. The molecular weight excluding hydrogens is 298 g/mol. The highest BCUT2D eigenvalue weighted by Gasteiger charge is 2.51. The molecule has 0 radical (unpaired) electrons. The molecule has 3 heterocycles. The predicted octanol–water partition coefficient (Wildman–Crippen LogP) is 3.18. The number of nitrogens with zero attached hydrogens (tertiary/aromatic N) is 2. The van der Waals surface area contributed by atoms with Crippen LogP contribution in [0.2, 0.25) is 0 Å². The van der Waals surface area contributed by atoms with Crippen LogP contribution >= 0.6 is 0 Å². The molecule has 0 fully saturated rings. The average molecular weight is 315 g/mol. The Hall–Kier alpha value is -2.75. The van der Waals surface area contributed by atoms with Gasteiger partial charge in [0, 0.05) is 22.8 Å². The topological polar surface area (TPSA) is 54.9 Å². The standard InChI is InChI=1S/C20H17N3O/c1-2-15-6-5-12-8-13-10-20(11-14(13)9-17(12)22-15)16-4-3-7-21-18(16)23-19(20)24/h3-9H,2,10-11H2,1H3,(H,21,23,24). The first kappa shape index (κ1) is 13.7. The van der Waals surface area contributed by atoms with E-state index in [1.165, 1.54) is 11.1 Å². The maximum Gasteiger partial charge on any atom is 0.237 e. The second-order valence-electron chi connectivity index (χ2n) is 6.76. The third kappa shape index (κ3) is 1.71. The number of carbonyl (C=O) groups excluding carboxylic acids is 1. The van der Waals surface area contributed by atoms with Crippen LogP contribution < -0.4 is 5.32 Å². The summed E-state index contributed by atoms with van der Waals surface area (Å²) >= 11 is 0. The van der Waals surface area contributed by atoms with Crippen LogP contribution in [0.15, 0.2) is 42.6 Å². The number of carbonyl (C=O) groups is 1. The highest BCUT2D eigenvalue weighted by atomic mass is 16.2. The molecule has 4 heteroatoms. The number of pyridine rings is 2. The van der Waals surface area contributed by atoms with Gasteiger partial charge in [0.15, 0.2) is 0 Å². The molecule has 1 amide bonds. The SMILES string of the molecule is CCc1ccc2cc3c(cc2n1)CC1(C3)C(=O)Nc2ncccc21. The van der Waals surface area contributed by atoms with Crippen LogP contribution in [0, 0.1) is 0 Å². The molecule has 1 atom stereocenters. The highest BCUT2D eigenvalue weighted by molar-refractivity contribution is 6.06. The van der Waals surface area contributed by atoms with E-state index in [1.54, 1.807) is 6.20 Å². The van der Waals surface area contributed by atoms with Crippen molar-refractivity contribution >= 4 is 22.6 Å². The Balaban J connectivity index is 1.66. The van der Waals surface area contributed by atoms with Crippen molar-refractivity contribution in [3.8, 4) is 0 Å². The lowest BCUT2D eigenvalue weighted by molar-refractivity contribution is -0.120. The van der Waals surface area contributed by atoms with Crippen LogP contribution in [0.1, 0.15) is 29.3 Å². The molecule has 24 heavy (non-hydrogen) atoms. The highest BCUT2D eigenvalue weighted by Crippen LogP contribution is 2.47. The normalized spacial score (nSPS) is 21.1. The molecule has 1 unspecified atom stereocenters. The van der Waals surface area contributed by atoms with Gasteiger partial charge in [-0.25, -0.2) is 4.98 Å². The number of aromatic nitrogens is 2. The molecule has 1 N–H and O–H groups in total. The summed E-state index contributed by atoms with van der Waals surface area (Å²) in [6, 6.07) is 12.5. The zero-order valence-corrected chi connectivity index (χ0v) is 13.5. The first-order valence-corrected chi connectivity index (χ1v) is 8.38. The molecule has 1 aliphatic carbocycles. The van der Waals surface area contributed by atoms with Crippen molar-refractivity contribution in [2.75, 3.05) is 5.32 Å². The van der Waals surface area contributed by atoms with E-state index in [0.717, 1.165) is 41.4 Å². The van der Waals surface area contributed by atoms with Gasteiger partial charge in [-0.2, -0.15) is 0 Å². The molecule has 4 nitrogen and oxygen atoms in total. The molecule has 2 aromatic heterocycles. The molecular formula is C20H17N3O. The lowest BCUT2D eigenvalue weighted by Crippen LogP contribution is -2.35. The lowest BCUT2D eigenvalue weighted by atomic mass is 9.79. The number of anilines is 1.